The van der Waals surface area contributed by atoms with Gasteiger partial charge in [0.1, 0.15) is 12.4 Å². The SMILES string of the molecule is CCN(CCCO)CCOc1cc(C)ccc1C. The van der Waals surface area contributed by atoms with Gasteiger partial charge in [-0.05, 0) is 44.0 Å². The zero-order valence-corrected chi connectivity index (χ0v) is 11.8. The lowest BCUT2D eigenvalue weighted by atomic mass is 10.1. The van der Waals surface area contributed by atoms with E-state index in [-0.39, 0.29) is 6.61 Å². The zero-order chi connectivity index (χ0) is 13.4. The molecule has 18 heavy (non-hydrogen) atoms. The van der Waals surface area contributed by atoms with Crippen LogP contribution in [-0.2, 0) is 0 Å². The maximum Gasteiger partial charge on any atom is 0.122 e. The highest BCUT2D eigenvalue weighted by Gasteiger charge is 2.03. The molecule has 0 aliphatic rings. The standard InChI is InChI=1S/C15H25NO2/c1-4-16(8-5-10-17)9-11-18-15-12-13(2)6-7-14(15)3/h6-7,12,17H,4-5,8-11H2,1-3H3. The summed E-state index contributed by atoms with van der Waals surface area (Å²) in [6.45, 7) is 10.1. The van der Waals surface area contributed by atoms with E-state index in [0.717, 1.165) is 31.8 Å². The maximum absolute atomic E-state index is 8.82. The van der Waals surface area contributed by atoms with Crippen molar-refractivity contribution in [3.05, 3.63) is 29.3 Å². The van der Waals surface area contributed by atoms with E-state index in [1.165, 1.54) is 11.1 Å². The van der Waals surface area contributed by atoms with Gasteiger partial charge in [0, 0.05) is 19.7 Å². The Morgan fingerprint density at radius 3 is 2.67 bits per heavy atom. The Kier molecular flexibility index (Phi) is 6.76. The second-order valence-corrected chi connectivity index (χ2v) is 4.63. The largest absolute Gasteiger partial charge is 0.492 e. The van der Waals surface area contributed by atoms with E-state index in [1.54, 1.807) is 0 Å². The predicted molar refractivity (Wildman–Crippen MR) is 75.2 cm³/mol. The van der Waals surface area contributed by atoms with E-state index in [9.17, 15) is 0 Å². The van der Waals surface area contributed by atoms with Crippen molar-refractivity contribution in [1.29, 1.82) is 0 Å². The molecule has 0 aliphatic heterocycles. The molecule has 0 atom stereocenters. The van der Waals surface area contributed by atoms with Gasteiger partial charge in [0.2, 0.25) is 0 Å². The smallest absolute Gasteiger partial charge is 0.122 e. The summed E-state index contributed by atoms with van der Waals surface area (Å²) in [4.78, 5) is 2.29. The fourth-order valence-corrected chi connectivity index (χ4v) is 1.87. The highest BCUT2D eigenvalue weighted by Crippen LogP contribution is 2.18. The summed E-state index contributed by atoms with van der Waals surface area (Å²) in [5.74, 6) is 0.980. The van der Waals surface area contributed by atoms with Crippen molar-refractivity contribution in [2.24, 2.45) is 0 Å². The van der Waals surface area contributed by atoms with E-state index in [1.807, 2.05) is 0 Å². The third-order valence-corrected chi connectivity index (χ3v) is 3.09. The highest BCUT2D eigenvalue weighted by molar-refractivity contribution is 5.35. The lowest BCUT2D eigenvalue weighted by Crippen LogP contribution is -2.29. The van der Waals surface area contributed by atoms with Crippen LogP contribution in [0.1, 0.15) is 24.5 Å². The number of ether oxygens (including phenoxy) is 1. The summed E-state index contributed by atoms with van der Waals surface area (Å²) in [5.41, 5.74) is 2.40. The third kappa shape index (κ3) is 5.07. The van der Waals surface area contributed by atoms with Gasteiger partial charge in [-0.1, -0.05) is 19.1 Å². The zero-order valence-electron chi connectivity index (χ0n) is 11.8. The van der Waals surface area contributed by atoms with E-state index >= 15 is 0 Å². The van der Waals surface area contributed by atoms with E-state index < -0.39 is 0 Å². The number of rotatable bonds is 8. The summed E-state index contributed by atoms with van der Waals surface area (Å²) in [6, 6.07) is 6.27. The summed E-state index contributed by atoms with van der Waals surface area (Å²) in [5, 5.41) is 8.82. The van der Waals surface area contributed by atoms with Gasteiger partial charge < -0.3 is 14.7 Å². The van der Waals surface area contributed by atoms with Gasteiger partial charge in [0.05, 0.1) is 0 Å². The number of likely N-dealkylation sites (N-methyl/N-ethyl adjacent to an activating group) is 1. The number of benzene rings is 1. The normalized spacial score (nSPS) is 10.9. The van der Waals surface area contributed by atoms with Gasteiger partial charge >= 0.3 is 0 Å². The highest BCUT2D eigenvalue weighted by atomic mass is 16.5. The van der Waals surface area contributed by atoms with Crippen molar-refractivity contribution in [3.63, 3.8) is 0 Å². The first kappa shape index (κ1) is 15.0. The molecule has 0 bridgehead atoms. The van der Waals surface area contributed by atoms with Crippen molar-refractivity contribution in [1.82, 2.24) is 4.90 Å². The first-order valence-corrected chi connectivity index (χ1v) is 6.70. The molecular formula is C15H25NO2. The number of nitrogens with zero attached hydrogens (tertiary/aromatic N) is 1. The first-order valence-electron chi connectivity index (χ1n) is 6.70. The summed E-state index contributed by atoms with van der Waals surface area (Å²) in [7, 11) is 0. The lowest BCUT2D eigenvalue weighted by Gasteiger charge is -2.20. The topological polar surface area (TPSA) is 32.7 Å². The predicted octanol–water partition coefficient (Wildman–Crippen LogP) is 2.39. The summed E-state index contributed by atoms with van der Waals surface area (Å²) in [6.07, 6.45) is 0.831. The molecule has 0 aliphatic carbocycles. The monoisotopic (exact) mass is 251 g/mol. The molecule has 1 aromatic rings. The van der Waals surface area contributed by atoms with Gasteiger partial charge in [-0.15, -0.1) is 0 Å². The molecule has 102 valence electrons. The Morgan fingerprint density at radius 2 is 2.00 bits per heavy atom. The van der Waals surface area contributed by atoms with E-state index in [4.69, 9.17) is 9.84 Å². The van der Waals surface area contributed by atoms with E-state index in [2.05, 4.69) is 43.9 Å². The minimum atomic E-state index is 0.258. The van der Waals surface area contributed by atoms with Gasteiger partial charge in [0.15, 0.2) is 0 Å². The van der Waals surface area contributed by atoms with Crippen LogP contribution in [0.15, 0.2) is 18.2 Å². The van der Waals surface area contributed by atoms with Crippen molar-refractivity contribution in [2.45, 2.75) is 27.2 Å². The van der Waals surface area contributed by atoms with Crippen molar-refractivity contribution in [2.75, 3.05) is 32.8 Å². The van der Waals surface area contributed by atoms with Crippen LogP contribution in [0.3, 0.4) is 0 Å². The Morgan fingerprint density at radius 1 is 1.22 bits per heavy atom. The first-order chi connectivity index (χ1) is 8.67. The van der Waals surface area contributed by atoms with Crippen LogP contribution in [-0.4, -0.2) is 42.9 Å². The molecule has 0 aromatic heterocycles. The molecule has 0 unspecified atom stereocenters. The Hall–Kier alpha value is -1.06. The fraction of sp³-hybridized carbons (Fsp3) is 0.600. The number of aliphatic hydroxyl groups excluding tert-OH is 1. The molecule has 3 heteroatoms. The molecule has 3 nitrogen and oxygen atoms in total. The van der Waals surface area contributed by atoms with Crippen LogP contribution >= 0.6 is 0 Å². The number of hydrogen-bond donors (Lipinski definition) is 1. The second-order valence-electron chi connectivity index (χ2n) is 4.63. The Labute approximate surface area is 110 Å². The van der Waals surface area contributed by atoms with Crippen LogP contribution in [0.4, 0.5) is 0 Å². The van der Waals surface area contributed by atoms with Crippen LogP contribution in [0.2, 0.25) is 0 Å². The average molecular weight is 251 g/mol. The number of hydrogen-bond acceptors (Lipinski definition) is 3. The van der Waals surface area contributed by atoms with Gasteiger partial charge in [-0.3, -0.25) is 0 Å². The van der Waals surface area contributed by atoms with Gasteiger partial charge in [0.25, 0.3) is 0 Å². The fourth-order valence-electron chi connectivity index (χ4n) is 1.87. The molecule has 1 aromatic carbocycles. The molecule has 0 amide bonds. The van der Waals surface area contributed by atoms with Crippen LogP contribution in [0, 0.1) is 13.8 Å². The molecule has 0 radical (unpaired) electrons. The van der Waals surface area contributed by atoms with E-state index in [0.29, 0.717) is 6.61 Å². The average Bonchev–Trinajstić information content (AvgIpc) is 2.37. The summed E-state index contributed by atoms with van der Waals surface area (Å²) < 4.78 is 5.83. The molecule has 1 N–H and O–H groups in total. The minimum absolute atomic E-state index is 0.258. The van der Waals surface area contributed by atoms with Crippen LogP contribution in [0.25, 0.3) is 0 Å². The maximum atomic E-state index is 8.82. The molecule has 0 spiro atoms. The number of aliphatic hydroxyl groups is 1. The molecule has 0 heterocycles. The number of aryl methyl sites for hydroxylation is 2. The molecular weight excluding hydrogens is 226 g/mol. The second kappa shape index (κ2) is 8.11. The molecule has 0 saturated carbocycles. The minimum Gasteiger partial charge on any atom is -0.492 e. The summed E-state index contributed by atoms with van der Waals surface area (Å²) >= 11 is 0. The lowest BCUT2D eigenvalue weighted by molar-refractivity contribution is 0.194. The third-order valence-electron chi connectivity index (χ3n) is 3.09. The Bertz CT molecular complexity index is 352. The van der Waals surface area contributed by atoms with Crippen molar-refractivity contribution in [3.8, 4) is 5.75 Å². The van der Waals surface area contributed by atoms with Crippen LogP contribution in [0.5, 0.6) is 5.75 Å². The van der Waals surface area contributed by atoms with Gasteiger partial charge in [-0.25, -0.2) is 0 Å². The molecule has 0 saturated heterocycles. The molecule has 0 fully saturated rings. The van der Waals surface area contributed by atoms with Crippen molar-refractivity contribution < 1.29 is 9.84 Å². The van der Waals surface area contributed by atoms with Crippen LogP contribution < -0.4 is 4.74 Å². The quantitative estimate of drug-likeness (QED) is 0.770. The molecule has 1 rings (SSSR count). The van der Waals surface area contributed by atoms with Crippen molar-refractivity contribution >= 4 is 0 Å². The Balaban J connectivity index is 2.37. The van der Waals surface area contributed by atoms with Gasteiger partial charge in [-0.2, -0.15) is 0 Å².